The summed E-state index contributed by atoms with van der Waals surface area (Å²) < 4.78 is 0. The maximum Gasteiger partial charge on any atom is 0.239 e. The molecule has 2 amide bonds. The Morgan fingerprint density at radius 1 is 1.22 bits per heavy atom. The van der Waals surface area contributed by atoms with Gasteiger partial charge in [0, 0.05) is 5.92 Å². The standard InChI is InChI=1S/C11H19N3O4/c1-12-3-2-9(6-15)4-10(7-16)14-11(18)5-13-8-17/h6-10,12H,2-5H2,1H3,(H,13,17)(H,14,18). The Kier molecular flexibility index (Phi) is 9.38. The molecule has 0 spiro atoms. The van der Waals surface area contributed by atoms with Gasteiger partial charge in [0.2, 0.25) is 12.3 Å². The number of carbonyl (C=O) groups excluding carboxylic acids is 4. The molecule has 7 nitrogen and oxygen atoms in total. The highest BCUT2D eigenvalue weighted by atomic mass is 16.2. The summed E-state index contributed by atoms with van der Waals surface area (Å²) in [6, 6.07) is -0.710. The van der Waals surface area contributed by atoms with Crippen LogP contribution >= 0.6 is 0 Å². The fraction of sp³-hybridized carbons (Fsp3) is 0.636. The van der Waals surface area contributed by atoms with E-state index in [4.69, 9.17) is 0 Å². The fourth-order valence-corrected chi connectivity index (χ4v) is 1.44. The third kappa shape index (κ3) is 7.50. The first kappa shape index (κ1) is 16.2. The minimum atomic E-state index is -0.710. The van der Waals surface area contributed by atoms with Gasteiger partial charge >= 0.3 is 0 Å². The largest absolute Gasteiger partial charge is 0.350 e. The molecule has 2 atom stereocenters. The Balaban J connectivity index is 4.14. The van der Waals surface area contributed by atoms with Crippen molar-refractivity contribution in [3.63, 3.8) is 0 Å². The van der Waals surface area contributed by atoms with E-state index in [1.165, 1.54) is 0 Å². The molecule has 0 rings (SSSR count). The highest BCUT2D eigenvalue weighted by molar-refractivity contribution is 5.82. The Labute approximate surface area is 106 Å². The van der Waals surface area contributed by atoms with Crippen LogP contribution in [0.3, 0.4) is 0 Å². The van der Waals surface area contributed by atoms with Crippen molar-refractivity contribution in [2.75, 3.05) is 20.1 Å². The number of aldehydes is 2. The monoisotopic (exact) mass is 257 g/mol. The Hall–Kier alpha value is -1.76. The predicted octanol–water partition coefficient (Wildman–Crippen LogP) is -1.77. The first-order chi connectivity index (χ1) is 8.67. The highest BCUT2D eigenvalue weighted by Crippen LogP contribution is 2.07. The number of amides is 2. The molecule has 0 fully saturated rings. The number of nitrogens with one attached hydrogen (secondary N) is 3. The lowest BCUT2D eigenvalue weighted by Gasteiger charge is -2.16. The molecule has 0 aromatic heterocycles. The van der Waals surface area contributed by atoms with E-state index in [0.717, 1.165) is 6.29 Å². The number of carbonyl (C=O) groups is 4. The molecule has 0 radical (unpaired) electrons. The van der Waals surface area contributed by atoms with Gasteiger partial charge in [-0.3, -0.25) is 9.59 Å². The second-order valence-corrected chi connectivity index (χ2v) is 3.83. The van der Waals surface area contributed by atoms with Gasteiger partial charge in [0.25, 0.3) is 0 Å². The van der Waals surface area contributed by atoms with Crippen molar-refractivity contribution in [3.8, 4) is 0 Å². The SMILES string of the molecule is CNCCC(C=O)CC(C=O)NC(=O)CNC=O. The van der Waals surface area contributed by atoms with Crippen molar-refractivity contribution < 1.29 is 19.2 Å². The van der Waals surface area contributed by atoms with E-state index in [1.54, 1.807) is 7.05 Å². The molecule has 0 aromatic carbocycles. The molecule has 0 aliphatic heterocycles. The molecule has 7 heteroatoms. The molecule has 0 aromatic rings. The second kappa shape index (κ2) is 10.4. The van der Waals surface area contributed by atoms with Crippen LogP contribution in [0.25, 0.3) is 0 Å². The zero-order chi connectivity index (χ0) is 13.8. The van der Waals surface area contributed by atoms with E-state index in [-0.39, 0.29) is 18.9 Å². The van der Waals surface area contributed by atoms with Gasteiger partial charge in [-0.25, -0.2) is 0 Å². The van der Waals surface area contributed by atoms with Crippen molar-refractivity contribution in [3.05, 3.63) is 0 Å². The lowest BCUT2D eigenvalue weighted by Crippen LogP contribution is -2.42. The third-order valence-corrected chi connectivity index (χ3v) is 2.37. The normalized spacial score (nSPS) is 13.2. The quantitative estimate of drug-likeness (QED) is 0.380. The van der Waals surface area contributed by atoms with Crippen LogP contribution in [-0.4, -0.2) is 51.1 Å². The molecule has 102 valence electrons. The van der Waals surface area contributed by atoms with Gasteiger partial charge in [0.15, 0.2) is 0 Å². The summed E-state index contributed by atoms with van der Waals surface area (Å²) >= 11 is 0. The van der Waals surface area contributed by atoms with Crippen molar-refractivity contribution in [2.24, 2.45) is 5.92 Å². The number of hydrogen-bond donors (Lipinski definition) is 3. The third-order valence-electron chi connectivity index (χ3n) is 2.37. The molecule has 0 aliphatic carbocycles. The molecule has 0 saturated heterocycles. The van der Waals surface area contributed by atoms with Crippen LogP contribution in [0.5, 0.6) is 0 Å². The minimum absolute atomic E-state index is 0.184. The summed E-state index contributed by atoms with van der Waals surface area (Å²) in [5.74, 6) is -0.746. The van der Waals surface area contributed by atoms with E-state index in [0.29, 0.717) is 25.7 Å². The second-order valence-electron chi connectivity index (χ2n) is 3.83. The zero-order valence-corrected chi connectivity index (χ0v) is 10.3. The minimum Gasteiger partial charge on any atom is -0.350 e. The Bertz CT molecular complexity index is 283. The summed E-state index contributed by atoms with van der Waals surface area (Å²) in [6.45, 7) is 0.478. The molecule has 0 bridgehead atoms. The molecule has 0 saturated carbocycles. The van der Waals surface area contributed by atoms with Gasteiger partial charge in [-0.1, -0.05) is 0 Å². The molecular weight excluding hydrogens is 238 g/mol. The lowest BCUT2D eigenvalue weighted by molar-refractivity contribution is -0.125. The van der Waals surface area contributed by atoms with Crippen LogP contribution in [0.1, 0.15) is 12.8 Å². The first-order valence-electron chi connectivity index (χ1n) is 5.69. The van der Waals surface area contributed by atoms with Crippen LogP contribution in [0, 0.1) is 5.92 Å². The van der Waals surface area contributed by atoms with Crippen molar-refractivity contribution >= 4 is 24.9 Å². The van der Waals surface area contributed by atoms with Crippen molar-refractivity contribution in [1.82, 2.24) is 16.0 Å². The van der Waals surface area contributed by atoms with Gasteiger partial charge in [-0.2, -0.15) is 0 Å². The van der Waals surface area contributed by atoms with Crippen LogP contribution in [0.4, 0.5) is 0 Å². The van der Waals surface area contributed by atoms with Gasteiger partial charge in [-0.05, 0) is 26.4 Å². The number of hydrogen-bond acceptors (Lipinski definition) is 5. The van der Waals surface area contributed by atoms with E-state index < -0.39 is 11.9 Å². The van der Waals surface area contributed by atoms with E-state index >= 15 is 0 Å². The molecule has 2 unspecified atom stereocenters. The van der Waals surface area contributed by atoms with Gasteiger partial charge < -0.3 is 25.5 Å². The average Bonchev–Trinajstić information content (AvgIpc) is 2.39. The lowest BCUT2D eigenvalue weighted by atomic mass is 9.98. The highest BCUT2D eigenvalue weighted by Gasteiger charge is 2.17. The maximum atomic E-state index is 11.3. The van der Waals surface area contributed by atoms with E-state index in [2.05, 4.69) is 16.0 Å². The van der Waals surface area contributed by atoms with Gasteiger partial charge in [0.05, 0.1) is 12.6 Å². The Morgan fingerprint density at radius 3 is 2.44 bits per heavy atom. The first-order valence-corrected chi connectivity index (χ1v) is 5.69. The molecular formula is C11H19N3O4. The maximum absolute atomic E-state index is 11.3. The molecule has 18 heavy (non-hydrogen) atoms. The molecule has 0 heterocycles. The predicted molar refractivity (Wildman–Crippen MR) is 64.8 cm³/mol. The fourth-order valence-electron chi connectivity index (χ4n) is 1.44. The smallest absolute Gasteiger partial charge is 0.239 e. The van der Waals surface area contributed by atoms with E-state index in [1.807, 2.05) is 0 Å². The van der Waals surface area contributed by atoms with Gasteiger partial charge in [-0.15, -0.1) is 0 Å². The summed E-state index contributed by atoms with van der Waals surface area (Å²) in [5, 5.41) is 7.54. The summed E-state index contributed by atoms with van der Waals surface area (Å²) in [7, 11) is 1.77. The average molecular weight is 257 g/mol. The van der Waals surface area contributed by atoms with Crippen LogP contribution in [-0.2, 0) is 19.2 Å². The van der Waals surface area contributed by atoms with Crippen molar-refractivity contribution in [2.45, 2.75) is 18.9 Å². The summed E-state index contributed by atoms with van der Waals surface area (Å²) in [4.78, 5) is 42.9. The summed E-state index contributed by atoms with van der Waals surface area (Å²) in [5.41, 5.74) is 0. The zero-order valence-electron chi connectivity index (χ0n) is 10.3. The van der Waals surface area contributed by atoms with Crippen molar-refractivity contribution in [1.29, 1.82) is 0 Å². The topological polar surface area (TPSA) is 104 Å². The van der Waals surface area contributed by atoms with E-state index in [9.17, 15) is 19.2 Å². The van der Waals surface area contributed by atoms with Crippen LogP contribution in [0.15, 0.2) is 0 Å². The molecule has 3 N–H and O–H groups in total. The Morgan fingerprint density at radius 2 is 1.94 bits per heavy atom. The van der Waals surface area contributed by atoms with Gasteiger partial charge in [0.1, 0.15) is 12.6 Å². The molecule has 0 aliphatic rings. The number of rotatable bonds is 11. The summed E-state index contributed by atoms with van der Waals surface area (Å²) in [6.07, 6.45) is 2.64. The van der Waals surface area contributed by atoms with Crippen LogP contribution < -0.4 is 16.0 Å². The van der Waals surface area contributed by atoms with Crippen LogP contribution in [0.2, 0.25) is 0 Å².